The Balaban J connectivity index is 1.79. The monoisotopic (exact) mass is 368 g/mol. The summed E-state index contributed by atoms with van der Waals surface area (Å²) < 4.78 is 30.4. The molecule has 0 radical (unpaired) electrons. The number of nitrogens with one attached hydrogen (secondary N) is 1. The minimum absolute atomic E-state index is 0.103. The third kappa shape index (κ3) is 5.71. The van der Waals surface area contributed by atoms with E-state index in [2.05, 4.69) is 19.2 Å². The van der Waals surface area contributed by atoms with Crippen LogP contribution in [0.1, 0.15) is 38.2 Å². The maximum absolute atomic E-state index is 12.3. The molecular weight excluding hydrogens is 340 g/mol. The van der Waals surface area contributed by atoms with E-state index < -0.39 is 10.0 Å². The van der Waals surface area contributed by atoms with Crippen molar-refractivity contribution in [1.29, 1.82) is 0 Å². The Labute approximate surface area is 150 Å². The van der Waals surface area contributed by atoms with Gasteiger partial charge in [-0.3, -0.25) is 4.79 Å². The molecule has 1 fully saturated rings. The van der Waals surface area contributed by atoms with E-state index in [9.17, 15) is 13.2 Å². The molecule has 2 rings (SSSR count). The van der Waals surface area contributed by atoms with Crippen molar-refractivity contribution in [1.82, 2.24) is 9.62 Å². The zero-order chi connectivity index (χ0) is 18.4. The Morgan fingerprint density at radius 1 is 1.36 bits per heavy atom. The van der Waals surface area contributed by atoms with Gasteiger partial charge in [-0.15, -0.1) is 0 Å². The average molecular weight is 368 g/mol. The number of benzene rings is 1. The number of carbonyl (C=O) groups is 1. The van der Waals surface area contributed by atoms with Crippen molar-refractivity contribution >= 4 is 15.9 Å². The van der Waals surface area contributed by atoms with Gasteiger partial charge in [0.25, 0.3) is 0 Å². The number of hydrogen-bond donors (Lipinski definition) is 1. The van der Waals surface area contributed by atoms with Crippen LogP contribution in [0.2, 0.25) is 0 Å². The number of hydrogen-bond acceptors (Lipinski definition) is 4. The first-order valence-electron chi connectivity index (χ1n) is 8.73. The molecule has 0 bridgehead atoms. The summed E-state index contributed by atoms with van der Waals surface area (Å²) in [5, 5.41) is 2.86. The SMILES string of the molecule is CC(C)c1ccccc1OCCNC(=O)[C@H]1CCCN(S(C)(=O)=O)C1. The molecule has 1 aromatic carbocycles. The minimum atomic E-state index is -3.24. The summed E-state index contributed by atoms with van der Waals surface area (Å²) in [6, 6.07) is 7.89. The molecule has 1 amide bonds. The van der Waals surface area contributed by atoms with E-state index in [1.165, 1.54) is 10.6 Å². The number of amides is 1. The van der Waals surface area contributed by atoms with Gasteiger partial charge in [-0.05, 0) is 30.4 Å². The van der Waals surface area contributed by atoms with E-state index in [0.717, 1.165) is 17.7 Å². The molecule has 7 heteroatoms. The van der Waals surface area contributed by atoms with Gasteiger partial charge < -0.3 is 10.1 Å². The van der Waals surface area contributed by atoms with Crippen LogP contribution in [0.5, 0.6) is 5.75 Å². The summed E-state index contributed by atoms with van der Waals surface area (Å²) in [6.07, 6.45) is 2.62. The molecule has 1 aromatic rings. The third-order valence-electron chi connectivity index (χ3n) is 4.42. The molecule has 1 aliphatic rings. The van der Waals surface area contributed by atoms with Crippen LogP contribution in [0.15, 0.2) is 24.3 Å². The van der Waals surface area contributed by atoms with Crippen LogP contribution < -0.4 is 10.1 Å². The fourth-order valence-corrected chi connectivity index (χ4v) is 3.94. The lowest BCUT2D eigenvalue weighted by molar-refractivity contribution is -0.126. The number of ether oxygens (including phenoxy) is 1. The summed E-state index contributed by atoms with van der Waals surface area (Å²) in [5.74, 6) is 0.822. The number of nitrogens with zero attached hydrogens (tertiary/aromatic N) is 1. The lowest BCUT2D eigenvalue weighted by Crippen LogP contribution is -2.45. The Kier molecular flexibility index (Phi) is 6.84. The van der Waals surface area contributed by atoms with Crippen LogP contribution in [0.3, 0.4) is 0 Å². The summed E-state index contributed by atoms with van der Waals surface area (Å²) in [5.41, 5.74) is 1.14. The second-order valence-electron chi connectivity index (χ2n) is 6.79. The first-order chi connectivity index (χ1) is 11.8. The van der Waals surface area contributed by atoms with Crippen LogP contribution in [0, 0.1) is 5.92 Å². The average Bonchev–Trinajstić information content (AvgIpc) is 2.58. The highest BCUT2D eigenvalue weighted by Gasteiger charge is 2.29. The van der Waals surface area contributed by atoms with Crippen LogP contribution in [-0.4, -0.2) is 51.1 Å². The van der Waals surface area contributed by atoms with Gasteiger partial charge in [0.2, 0.25) is 15.9 Å². The molecule has 0 aliphatic carbocycles. The summed E-state index contributed by atoms with van der Waals surface area (Å²) >= 11 is 0. The van der Waals surface area contributed by atoms with Crippen LogP contribution in [0.25, 0.3) is 0 Å². The molecule has 1 atom stereocenters. The van der Waals surface area contributed by atoms with Gasteiger partial charge >= 0.3 is 0 Å². The lowest BCUT2D eigenvalue weighted by atomic mass is 9.99. The first kappa shape index (κ1) is 19.7. The largest absolute Gasteiger partial charge is 0.491 e. The molecular formula is C18H28N2O4S. The van der Waals surface area contributed by atoms with Gasteiger partial charge in [0, 0.05) is 13.1 Å². The Hall–Kier alpha value is -1.60. The van der Waals surface area contributed by atoms with E-state index in [1.807, 2.05) is 24.3 Å². The molecule has 140 valence electrons. The standard InChI is InChI=1S/C18H28N2O4S/c1-14(2)16-8-4-5-9-17(16)24-12-10-19-18(21)15-7-6-11-20(13-15)25(3,22)23/h4-5,8-9,14-15H,6-7,10-13H2,1-3H3,(H,19,21)/t15-/m0/s1. The topological polar surface area (TPSA) is 75.7 Å². The van der Waals surface area contributed by atoms with Gasteiger partial charge in [-0.25, -0.2) is 12.7 Å². The number of sulfonamides is 1. The van der Waals surface area contributed by atoms with E-state index in [0.29, 0.717) is 32.0 Å². The molecule has 1 aliphatic heterocycles. The fraction of sp³-hybridized carbons (Fsp3) is 0.611. The summed E-state index contributed by atoms with van der Waals surface area (Å²) in [7, 11) is -3.24. The van der Waals surface area contributed by atoms with E-state index >= 15 is 0 Å². The lowest BCUT2D eigenvalue weighted by Gasteiger charge is -2.30. The fourth-order valence-electron chi connectivity index (χ4n) is 3.03. The van der Waals surface area contributed by atoms with Gasteiger partial charge in [0.1, 0.15) is 12.4 Å². The van der Waals surface area contributed by atoms with E-state index in [4.69, 9.17) is 4.74 Å². The maximum Gasteiger partial charge on any atom is 0.224 e. The van der Waals surface area contributed by atoms with Crippen molar-refractivity contribution in [3.8, 4) is 5.75 Å². The highest BCUT2D eigenvalue weighted by Crippen LogP contribution is 2.25. The van der Waals surface area contributed by atoms with Crippen molar-refractivity contribution < 1.29 is 17.9 Å². The van der Waals surface area contributed by atoms with Crippen molar-refractivity contribution in [2.45, 2.75) is 32.6 Å². The maximum atomic E-state index is 12.3. The number of piperidine rings is 1. The second kappa shape index (κ2) is 8.67. The number of para-hydroxylation sites is 1. The normalized spacial score (nSPS) is 19.0. The Morgan fingerprint density at radius 2 is 2.08 bits per heavy atom. The molecule has 1 N–H and O–H groups in total. The smallest absolute Gasteiger partial charge is 0.224 e. The van der Waals surface area contributed by atoms with Crippen molar-refractivity contribution in [2.75, 3.05) is 32.5 Å². The van der Waals surface area contributed by atoms with Gasteiger partial charge in [-0.2, -0.15) is 0 Å². The number of rotatable bonds is 7. The second-order valence-corrected chi connectivity index (χ2v) is 8.77. The predicted molar refractivity (Wildman–Crippen MR) is 98.2 cm³/mol. The zero-order valence-electron chi connectivity index (χ0n) is 15.2. The molecule has 0 aromatic heterocycles. The van der Waals surface area contributed by atoms with E-state index in [1.54, 1.807) is 0 Å². The highest BCUT2D eigenvalue weighted by molar-refractivity contribution is 7.88. The number of carbonyl (C=O) groups excluding carboxylic acids is 1. The summed E-state index contributed by atoms with van der Waals surface area (Å²) in [6.45, 7) is 5.78. The van der Waals surface area contributed by atoms with Crippen molar-refractivity contribution in [3.63, 3.8) is 0 Å². The van der Waals surface area contributed by atoms with Crippen molar-refractivity contribution in [2.24, 2.45) is 5.92 Å². The summed E-state index contributed by atoms with van der Waals surface area (Å²) in [4.78, 5) is 12.3. The molecule has 1 heterocycles. The molecule has 6 nitrogen and oxygen atoms in total. The molecule has 0 saturated carbocycles. The van der Waals surface area contributed by atoms with Gasteiger partial charge in [-0.1, -0.05) is 32.0 Å². The highest BCUT2D eigenvalue weighted by atomic mass is 32.2. The van der Waals surface area contributed by atoms with Crippen molar-refractivity contribution in [3.05, 3.63) is 29.8 Å². The first-order valence-corrected chi connectivity index (χ1v) is 10.6. The third-order valence-corrected chi connectivity index (χ3v) is 5.69. The predicted octanol–water partition coefficient (Wildman–Crippen LogP) is 1.98. The van der Waals surface area contributed by atoms with Crippen LogP contribution in [-0.2, 0) is 14.8 Å². The molecule has 0 unspecified atom stereocenters. The molecule has 0 spiro atoms. The zero-order valence-corrected chi connectivity index (χ0v) is 16.0. The van der Waals surface area contributed by atoms with Crippen LogP contribution >= 0.6 is 0 Å². The van der Waals surface area contributed by atoms with Crippen LogP contribution in [0.4, 0.5) is 0 Å². The Morgan fingerprint density at radius 3 is 2.76 bits per heavy atom. The van der Waals surface area contributed by atoms with Gasteiger partial charge in [0.15, 0.2) is 0 Å². The molecule has 25 heavy (non-hydrogen) atoms. The Bertz CT molecular complexity index is 688. The quantitative estimate of drug-likeness (QED) is 0.747. The molecule has 1 saturated heterocycles. The van der Waals surface area contributed by atoms with Gasteiger partial charge in [0.05, 0.1) is 18.7 Å². The van der Waals surface area contributed by atoms with E-state index in [-0.39, 0.29) is 18.4 Å². The minimum Gasteiger partial charge on any atom is -0.491 e.